The van der Waals surface area contributed by atoms with Crippen molar-refractivity contribution in [3.05, 3.63) is 46.7 Å². The van der Waals surface area contributed by atoms with Crippen LogP contribution in [0.15, 0.2) is 29.8 Å². The Hall–Kier alpha value is -2.58. The number of ether oxygens (including phenoxy) is 1. The summed E-state index contributed by atoms with van der Waals surface area (Å²) in [6.07, 6.45) is 2.70. The molecular formula is C20H23N5O2S. The molecule has 0 aliphatic carbocycles. The number of anilines is 1. The zero-order valence-electron chi connectivity index (χ0n) is 16.2. The minimum Gasteiger partial charge on any atom is -0.380 e. The van der Waals surface area contributed by atoms with E-state index in [1.807, 2.05) is 42.3 Å². The molecule has 0 bridgehead atoms. The van der Waals surface area contributed by atoms with Crippen molar-refractivity contribution in [1.82, 2.24) is 19.9 Å². The van der Waals surface area contributed by atoms with Gasteiger partial charge in [0, 0.05) is 26.4 Å². The van der Waals surface area contributed by atoms with Gasteiger partial charge >= 0.3 is 0 Å². The number of likely N-dealkylation sites (tertiary alicyclic amines) is 1. The first-order chi connectivity index (χ1) is 13.6. The van der Waals surface area contributed by atoms with Crippen LogP contribution in [0, 0.1) is 6.92 Å². The van der Waals surface area contributed by atoms with Gasteiger partial charge in [-0.15, -0.1) is 11.3 Å². The standard InChI is InChI=1S/C20H23N5O2S/c1-12-11-28-18-16(12)23-20(22-13(2)15-6-4-5-8-21-15)24-17(18)19(26)25-9-7-14(10-25)27-3/h4-6,8,11,13-14H,7,9-10H2,1-3H3,(H,22,23,24). The first-order valence-electron chi connectivity index (χ1n) is 9.32. The maximum atomic E-state index is 13.2. The average Bonchev–Trinajstić information content (AvgIpc) is 3.35. The smallest absolute Gasteiger partial charge is 0.274 e. The van der Waals surface area contributed by atoms with E-state index >= 15 is 0 Å². The second-order valence-electron chi connectivity index (χ2n) is 7.01. The Bertz CT molecular complexity index is 991. The fraction of sp³-hybridized carbons (Fsp3) is 0.400. The predicted molar refractivity (Wildman–Crippen MR) is 110 cm³/mol. The maximum Gasteiger partial charge on any atom is 0.274 e. The Morgan fingerprint density at radius 1 is 1.39 bits per heavy atom. The lowest BCUT2D eigenvalue weighted by Crippen LogP contribution is -2.31. The van der Waals surface area contributed by atoms with Crippen LogP contribution in [-0.4, -0.2) is 52.1 Å². The van der Waals surface area contributed by atoms with Crippen LogP contribution in [0.5, 0.6) is 0 Å². The van der Waals surface area contributed by atoms with Gasteiger partial charge in [-0.3, -0.25) is 9.78 Å². The maximum absolute atomic E-state index is 13.2. The molecule has 2 unspecified atom stereocenters. The van der Waals surface area contributed by atoms with E-state index in [1.54, 1.807) is 13.3 Å². The van der Waals surface area contributed by atoms with Gasteiger partial charge in [-0.1, -0.05) is 6.07 Å². The number of hydrogen-bond donors (Lipinski definition) is 1. The van der Waals surface area contributed by atoms with Gasteiger partial charge in [-0.05, 0) is 43.3 Å². The number of carbonyl (C=O) groups is 1. The second-order valence-corrected chi connectivity index (χ2v) is 7.89. The van der Waals surface area contributed by atoms with Gasteiger partial charge in [0.25, 0.3) is 5.91 Å². The summed E-state index contributed by atoms with van der Waals surface area (Å²) < 4.78 is 6.23. The van der Waals surface area contributed by atoms with E-state index in [0.29, 0.717) is 24.7 Å². The number of methoxy groups -OCH3 is 1. The molecule has 1 aliphatic rings. The lowest BCUT2D eigenvalue weighted by Gasteiger charge is -2.18. The lowest BCUT2D eigenvalue weighted by atomic mass is 10.2. The van der Waals surface area contributed by atoms with Gasteiger partial charge < -0.3 is 15.0 Å². The molecule has 2 atom stereocenters. The fourth-order valence-electron chi connectivity index (χ4n) is 3.40. The van der Waals surface area contributed by atoms with E-state index in [9.17, 15) is 4.79 Å². The number of fused-ring (bicyclic) bond motifs is 1. The third-order valence-electron chi connectivity index (χ3n) is 5.04. The molecule has 1 saturated heterocycles. The molecule has 7 nitrogen and oxygen atoms in total. The van der Waals surface area contributed by atoms with Crippen molar-refractivity contribution >= 4 is 33.4 Å². The molecule has 0 radical (unpaired) electrons. The molecule has 8 heteroatoms. The molecular weight excluding hydrogens is 374 g/mol. The number of aromatic nitrogens is 3. The Morgan fingerprint density at radius 2 is 2.25 bits per heavy atom. The van der Waals surface area contributed by atoms with E-state index in [4.69, 9.17) is 4.74 Å². The summed E-state index contributed by atoms with van der Waals surface area (Å²) in [6.45, 7) is 5.28. The number of carbonyl (C=O) groups excluding carboxylic acids is 1. The van der Waals surface area contributed by atoms with Crippen LogP contribution in [0.2, 0.25) is 0 Å². The van der Waals surface area contributed by atoms with Crippen molar-refractivity contribution in [2.24, 2.45) is 0 Å². The summed E-state index contributed by atoms with van der Waals surface area (Å²) in [5, 5.41) is 5.32. The Kier molecular flexibility index (Phi) is 5.23. The second kappa shape index (κ2) is 7.81. The van der Waals surface area contributed by atoms with Crippen LogP contribution < -0.4 is 5.32 Å². The van der Waals surface area contributed by atoms with Crippen LogP contribution >= 0.6 is 11.3 Å². The third-order valence-corrected chi connectivity index (χ3v) is 6.13. The molecule has 28 heavy (non-hydrogen) atoms. The Balaban J connectivity index is 1.67. The molecule has 1 aliphatic heterocycles. The largest absolute Gasteiger partial charge is 0.380 e. The summed E-state index contributed by atoms with van der Waals surface area (Å²) in [4.78, 5) is 28.7. The summed E-state index contributed by atoms with van der Waals surface area (Å²) in [7, 11) is 1.69. The topological polar surface area (TPSA) is 80.2 Å². The highest BCUT2D eigenvalue weighted by Gasteiger charge is 2.30. The number of rotatable bonds is 5. The lowest BCUT2D eigenvalue weighted by molar-refractivity contribution is 0.0721. The van der Waals surface area contributed by atoms with Crippen LogP contribution in [0.4, 0.5) is 5.95 Å². The zero-order valence-corrected chi connectivity index (χ0v) is 17.0. The molecule has 0 spiro atoms. The van der Waals surface area contributed by atoms with Crippen molar-refractivity contribution < 1.29 is 9.53 Å². The SMILES string of the molecule is COC1CCN(C(=O)c2nc(NC(C)c3ccccn3)nc3c(C)csc23)C1. The minimum atomic E-state index is -0.0785. The summed E-state index contributed by atoms with van der Waals surface area (Å²) in [5.41, 5.74) is 3.21. The Morgan fingerprint density at radius 3 is 2.96 bits per heavy atom. The van der Waals surface area contributed by atoms with Crippen molar-refractivity contribution in [2.45, 2.75) is 32.4 Å². The number of nitrogens with one attached hydrogen (secondary N) is 1. The normalized spacial score (nSPS) is 17.8. The number of hydrogen-bond acceptors (Lipinski definition) is 7. The molecule has 4 heterocycles. The van der Waals surface area contributed by atoms with Gasteiger partial charge in [0.2, 0.25) is 5.95 Å². The van der Waals surface area contributed by atoms with Gasteiger partial charge in [0.1, 0.15) is 0 Å². The van der Waals surface area contributed by atoms with E-state index in [2.05, 4.69) is 20.3 Å². The van der Waals surface area contributed by atoms with Gasteiger partial charge in [0.05, 0.1) is 28.1 Å². The van der Waals surface area contributed by atoms with Gasteiger partial charge in [-0.25, -0.2) is 9.97 Å². The molecule has 3 aromatic heterocycles. The number of aryl methyl sites for hydroxylation is 1. The highest BCUT2D eigenvalue weighted by atomic mass is 32.1. The minimum absolute atomic E-state index is 0.0673. The number of pyridine rings is 1. The number of amides is 1. The molecule has 3 aromatic rings. The number of nitrogens with zero attached hydrogens (tertiary/aromatic N) is 4. The molecule has 1 amide bonds. The van der Waals surface area contributed by atoms with Crippen molar-refractivity contribution in [2.75, 3.05) is 25.5 Å². The van der Waals surface area contributed by atoms with E-state index in [0.717, 1.165) is 27.9 Å². The number of thiophene rings is 1. The van der Waals surface area contributed by atoms with Crippen molar-refractivity contribution in [3.8, 4) is 0 Å². The third kappa shape index (κ3) is 3.57. The highest BCUT2D eigenvalue weighted by Crippen LogP contribution is 2.30. The molecule has 1 N–H and O–H groups in total. The van der Waals surface area contributed by atoms with E-state index < -0.39 is 0 Å². The van der Waals surface area contributed by atoms with Gasteiger partial charge in [0.15, 0.2) is 5.69 Å². The summed E-state index contributed by atoms with van der Waals surface area (Å²) in [5.74, 6) is 0.375. The first-order valence-corrected chi connectivity index (χ1v) is 10.2. The Labute approximate surface area is 167 Å². The van der Waals surface area contributed by atoms with Crippen LogP contribution in [0.25, 0.3) is 10.2 Å². The van der Waals surface area contributed by atoms with E-state index in [-0.39, 0.29) is 18.1 Å². The average molecular weight is 398 g/mol. The quantitative estimate of drug-likeness (QED) is 0.710. The zero-order chi connectivity index (χ0) is 19.7. The fourth-order valence-corrected chi connectivity index (χ4v) is 4.37. The summed E-state index contributed by atoms with van der Waals surface area (Å²) >= 11 is 1.51. The van der Waals surface area contributed by atoms with Gasteiger partial charge in [-0.2, -0.15) is 0 Å². The first kappa shape index (κ1) is 18.8. The monoisotopic (exact) mass is 397 g/mol. The van der Waals surface area contributed by atoms with E-state index in [1.165, 1.54) is 11.3 Å². The molecule has 1 fully saturated rings. The molecule has 4 rings (SSSR count). The van der Waals surface area contributed by atoms with Crippen LogP contribution in [-0.2, 0) is 4.74 Å². The van der Waals surface area contributed by atoms with Crippen molar-refractivity contribution in [1.29, 1.82) is 0 Å². The van der Waals surface area contributed by atoms with Crippen molar-refractivity contribution in [3.63, 3.8) is 0 Å². The molecule has 0 saturated carbocycles. The predicted octanol–water partition coefficient (Wildman–Crippen LogP) is 3.43. The van der Waals surface area contributed by atoms with Crippen LogP contribution in [0.1, 0.15) is 41.1 Å². The summed E-state index contributed by atoms with van der Waals surface area (Å²) in [6, 6.07) is 5.70. The van der Waals surface area contributed by atoms with Crippen LogP contribution in [0.3, 0.4) is 0 Å². The molecule has 0 aromatic carbocycles. The molecule has 146 valence electrons. The highest BCUT2D eigenvalue weighted by molar-refractivity contribution is 7.17.